The summed E-state index contributed by atoms with van der Waals surface area (Å²) >= 11 is 0. The Bertz CT molecular complexity index is 412. The van der Waals surface area contributed by atoms with Gasteiger partial charge in [0.1, 0.15) is 5.82 Å². The molecule has 0 bridgehead atoms. The van der Waals surface area contributed by atoms with Crippen LogP contribution in [0.2, 0.25) is 0 Å². The summed E-state index contributed by atoms with van der Waals surface area (Å²) in [6.45, 7) is 5.90. The molecule has 0 unspecified atom stereocenters. The monoisotopic (exact) mass is 264 g/mol. The van der Waals surface area contributed by atoms with E-state index in [0.717, 1.165) is 18.5 Å². The third kappa shape index (κ3) is 5.39. The van der Waals surface area contributed by atoms with E-state index in [1.807, 2.05) is 32.9 Å². The second-order valence-electron chi connectivity index (χ2n) is 5.11. The number of rotatable bonds is 7. The lowest BCUT2D eigenvalue weighted by Gasteiger charge is -2.26. The molecule has 0 saturated heterocycles. The molecule has 0 aliphatic rings. The lowest BCUT2D eigenvalue weighted by molar-refractivity contribution is -0.121. The maximum atomic E-state index is 12.0. The zero-order valence-corrected chi connectivity index (χ0v) is 12.1. The molecule has 0 radical (unpaired) electrons. The van der Waals surface area contributed by atoms with Gasteiger partial charge in [-0.25, -0.2) is 4.98 Å². The highest BCUT2D eigenvalue weighted by molar-refractivity contribution is 5.90. The molecule has 0 fully saturated rings. The smallest absolute Gasteiger partial charge is 0.228 e. The summed E-state index contributed by atoms with van der Waals surface area (Å²) in [6, 6.07) is 5.48. The number of aromatic nitrogens is 1. The van der Waals surface area contributed by atoms with Crippen molar-refractivity contribution in [3.63, 3.8) is 0 Å². The minimum absolute atomic E-state index is 0.129. The molecule has 106 valence electrons. The Balaban J connectivity index is 2.62. The van der Waals surface area contributed by atoms with E-state index in [0.29, 0.717) is 18.7 Å². The molecule has 0 aromatic carbocycles. The van der Waals surface area contributed by atoms with Crippen LogP contribution in [0.4, 0.5) is 5.82 Å². The molecule has 1 heterocycles. The SMILES string of the molecule is CCCC(O)(CCC)CC(=O)Nc1cccc(C)n1. The van der Waals surface area contributed by atoms with E-state index in [2.05, 4.69) is 10.3 Å². The normalized spacial score (nSPS) is 11.4. The summed E-state index contributed by atoms with van der Waals surface area (Å²) in [5.74, 6) is 0.364. The molecule has 1 rings (SSSR count). The van der Waals surface area contributed by atoms with Crippen molar-refractivity contribution in [1.82, 2.24) is 4.98 Å². The summed E-state index contributed by atoms with van der Waals surface area (Å²) in [4.78, 5) is 16.2. The van der Waals surface area contributed by atoms with Crippen molar-refractivity contribution in [1.29, 1.82) is 0 Å². The van der Waals surface area contributed by atoms with Crippen LogP contribution >= 0.6 is 0 Å². The Hall–Kier alpha value is -1.42. The van der Waals surface area contributed by atoms with Gasteiger partial charge in [-0.05, 0) is 31.9 Å². The molecule has 4 nitrogen and oxygen atoms in total. The van der Waals surface area contributed by atoms with E-state index in [-0.39, 0.29) is 12.3 Å². The Labute approximate surface area is 115 Å². The zero-order chi connectivity index (χ0) is 14.3. The number of hydrogen-bond acceptors (Lipinski definition) is 3. The second-order valence-corrected chi connectivity index (χ2v) is 5.11. The van der Waals surface area contributed by atoms with Crippen LogP contribution in [-0.4, -0.2) is 21.6 Å². The Morgan fingerprint density at radius 3 is 2.47 bits per heavy atom. The van der Waals surface area contributed by atoms with Gasteiger partial charge in [0.05, 0.1) is 12.0 Å². The van der Waals surface area contributed by atoms with Crippen LogP contribution in [0.5, 0.6) is 0 Å². The minimum Gasteiger partial charge on any atom is -0.389 e. The van der Waals surface area contributed by atoms with Crippen LogP contribution < -0.4 is 5.32 Å². The molecular formula is C15H24N2O2. The average Bonchev–Trinajstić information content (AvgIpc) is 2.28. The first kappa shape index (κ1) is 15.6. The third-order valence-electron chi connectivity index (χ3n) is 3.08. The molecule has 0 aliphatic heterocycles. The standard InChI is InChI=1S/C15H24N2O2/c1-4-9-15(19,10-5-2)11-14(18)17-13-8-6-7-12(3)16-13/h6-8,19H,4-5,9-11H2,1-3H3,(H,16,17,18). The predicted octanol–water partition coefficient (Wildman–Crippen LogP) is 3.05. The first-order chi connectivity index (χ1) is 8.99. The van der Waals surface area contributed by atoms with Gasteiger partial charge in [-0.1, -0.05) is 32.8 Å². The van der Waals surface area contributed by atoms with Gasteiger partial charge in [-0.15, -0.1) is 0 Å². The fourth-order valence-corrected chi connectivity index (χ4v) is 2.33. The molecule has 1 aromatic rings. The third-order valence-corrected chi connectivity index (χ3v) is 3.08. The van der Waals surface area contributed by atoms with E-state index in [4.69, 9.17) is 0 Å². The zero-order valence-electron chi connectivity index (χ0n) is 12.1. The number of aliphatic hydroxyl groups is 1. The molecule has 1 aromatic heterocycles. The average molecular weight is 264 g/mol. The molecule has 0 spiro atoms. The molecule has 0 aliphatic carbocycles. The van der Waals surface area contributed by atoms with E-state index in [1.54, 1.807) is 6.07 Å². The van der Waals surface area contributed by atoms with Gasteiger partial charge < -0.3 is 10.4 Å². The topological polar surface area (TPSA) is 62.2 Å². The number of aryl methyl sites for hydroxylation is 1. The minimum atomic E-state index is -0.891. The highest BCUT2D eigenvalue weighted by Crippen LogP contribution is 2.24. The first-order valence-electron chi connectivity index (χ1n) is 6.95. The second kappa shape index (κ2) is 7.24. The molecule has 0 saturated carbocycles. The highest BCUT2D eigenvalue weighted by atomic mass is 16.3. The number of amides is 1. The van der Waals surface area contributed by atoms with Gasteiger partial charge in [0, 0.05) is 5.69 Å². The fraction of sp³-hybridized carbons (Fsp3) is 0.600. The van der Waals surface area contributed by atoms with E-state index in [9.17, 15) is 9.90 Å². The van der Waals surface area contributed by atoms with Crippen molar-refractivity contribution in [2.24, 2.45) is 0 Å². The van der Waals surface area contributed by atoms with Crippen LogP contribution in [0.1, 0.15) is 51.6 Å². The summed E-state index contributed by atoms with van der Waals surface area (Å²) in [5, 5.41) is 13.2. The van der Waals surface area contributed by atoms with E-state index >= 15 is 0 Å². The van der Waals surface area contributed by atoms with E-state index in [1.165, 1.54) is 0 Å². The van der Waals surface area contributed by atoms with Crippen molar-refractivity contribution >= 4 is 11.7 Å². The first-order valence-corrected chi connectivity index (χ1v) is 6.95. The number of nitrogens with one attached hydrogen (secondary N) is 1. The van der Waals surface area contributed by atoms with Crippen molar-refractivity contribution < 1.29 is 9.90 Å². The molecule has 2 N–H and O–H groups in total. The van der Waals surface area contributed by atoms with Gasteiger partial charge in [-0.2, -0.15) is 0 Å². The van der Waals surface area contributed by atoms with Crippen LogP contribution in [0, 0.1) is 6.92 Å². The van der Waals surface area contributed by atoms with Gasteiger partial charge in [0.2, 0.25) is 5.91 Å². The number of nitrogens with zero attached hydrogens (tertiary/aromatic N) is 1. The number of pyridine rings is 1. The highest BCUT2D eigenvalue weighted by Gasteiger charge is 2.28. The van der Waals surface area contributed by atoms with Gasteiger partial charge in [0.25, 0.3) is 0 Å². The maximum absolute atomic E-state index is 12.0. The fourth-order valence-electron chi connectivity index (χ4n) is 2.33. The molecular weight excluding hydrogens is 240 g/mol. The summed E-state index contributed by atoms with van der Waals surface area (Å²) in [7, 11) is 0. The quantitative estimate of drug-likeness (QED) is 0.795. The number of anilines is 1. The molecule has 19 heavy (non-hydrogen) atoms. The van der Waals surface area contributed by atoms with Crippen molar-refractivity contribution in [2.75, 3.05) is 5.32 Å². The Kier molecular flexibility index (Phi) is 5.96. The number of carbonyl (C=O) groups is 1. The van der Waals surface area contributed by atoms with Gasteiger partial charge in [0.15, 0.2) is 0 Å². The lowest BCUT2D eigenvalue weighted by Crippen LogP contribution is -2.34. The van der Waals surface area contributed by atoms with Crippen molar-refractivity contribution in [2.45, 2.75) is 58.5 Å². The predicted molar refractivity (Wildman–Crippen MR) is 77.0 cm³/mol. The number of carbonyl (C=O) groups excluding carboxylic acids is 1. The summed E-state index contributed by atoms with van der Waals surface area (Å²) < 4.78 is 0. The summed E-state index contributed by atoms with van der Waals surface area (Å²) in [6.07, 6.45) is 3.16. The summed E-state index contributed by atoms with van der Waals surface area (Å²) in [5.41, 5.74) is -0.0348. The Morgan fingerprint density at radius 1 is 1.32 bits per heavy atom. The maximum Gasteiger partial charge on any atom is 0.228 e. The lowest BCUT2D eigenvalue weighted by atomic mass is 9.89. The van der Waals surface area contributed by atoms with Crippen LogP contribution in [0.15, 0.2) is 18.2 Å². The van der Waals surface area contributed by atoms with Crippen LogP contribution in [0.3, 0.4) is 0 Å². The van der Waals surface area contributed by atoms with Crippen molar-refractivity contribution in [3.05, 3.63) is 23.9 Å². The molecule has 1 amide bonds. The van der Waals surface area contributed by atoms with E-state index < -0.39 is 5.60 Å². The van der Waals surface area contributed by atoms with Crippen molar-refractivity contribution in [3.8, 4) is 0 Å². The van der Waals surface area contributed by atoms with Crippen LogP contribution in [-0.2, 0) is 4.79 Å². The van der Waals surface area contributed by atoms with Gasteiger partial charge >= 0.3 is 0 Å². The van der Waals surface area contributed by atoms with Gasteiger partial charge in [-0.3, -0.25) is 4.79 Å². The number of hydrogen-bond donors (Lipinski definition) is 2. The molecule has 0 atom stereocenters. The largest absolute Gasteiger partial charge is 0.389 e. The Morgan fingerprint density at radius 2 is 1.95 bits per heavy atom. The molecule has 4 heteroatoms. The van der Waals surface area contributed by atoms with Crippen LogP contribution in [0.25, 0.3) is 0 Å².